The first-order chi connectivity index (χ1) is 1.00. The molecule has 0 saturated heterocycles. The van der Waals surface area contributed by atoms with Crippen molar-refractivity contribution in [2.24, 2.45) is 0 Å². The molecule has 0 aromatic carbocycles. The van der Waals surface area contributed by atoms with E-state index in [9.17, 15) is 0 Å². The summed E-state index contributed by atoms with van der Waals surface area (Å²) in [6.07, 6.45) is 0. The van der Waals surface area contributed by atoms with E-state index in [1.165, 1.54) is 0 Å². The van der Waals surface area contributed by atoms with Gasteiger partial charge in [0.1, 0.15) is 0 Å². The quantitative estimate of drug-likeness (QED) is 0.421. The van der Waals surface area contributed by atoms with E-state index in [1.807, 2.05) is 16.3 Å². The zero-order chi connectivity index (χ0) is 2.00. The summed E-state index contributed by atoms with van der Waals surface area (Å²) in [5.74, 6) is 0. The molecule has 0 aliphatic rings. The molecule has 0 bridgehead atoms. The molecular formula is H4BrIOPb. The Morgan fingerprint density at radius 3 is 1.25 bits per heavy atom. The van der Waals surface area contributed by atoms with Crippen LogP contribution >= 0.6 is 40.2 Å². The summed E-state index contributed by atoms with van der Waals surface area (Å²) in [7, 11) is 0. The SMILES string of the molecule is I.OBr.[PbH2]. The molecule has 0 atom stereocenters. The molecule has 0 amide bonds. The Hall–Kier alpha value is 2.09. The minimum absolute atomic E-state index is 0. The van der Waals surface area contributed by atoms with Gasteiger partial charge in [-0.1, -0.05) is 0 Å². The maximum atomic E-state index is 6.81. The normalized spacial score (nSPS) is 1.50. The molecule has 4 heteroatoms. The van der Waals surface area contributed by atoms with E-state index < -0.39 is 0 Å². The summed E-state index contributed by atoms with van der Waals surface area (Å²) in [6, 6.07) is 0. The summed E-state index contributed by atoms with van der Waals surface area (Å²) < 4.78 is 6.81. The van der Waals surface area contributed by atoms with E-state index >= 15 is 0 Å². The van der Waals surface area contributed by atoms with Crippen LogP contribution < -0.4 is 0 Å². The van der Waals surface area contributed by atoms with Crippen molar-refractivity contribution in [2.45, 2.75) is 0 Å². The Morgan fingerprint density at radius 2 is 1.25 bits per heavy atom. The zero-order valence-corrected chi connectivity index (χ0v) is 11.4. The Morgan fingerprint density at radius 1 is 1.25 bits per heavy atom. The average Bonchev–Trinajstić information content (AvgIpc) is 1.00. The average molecular weight is 434 g/mol. The second kappa shape index (κ2) is 19.5. The minimum atomic E-state index is 0. The fourth-order valence-electron chi connectivity index (χ4n) is 0. The third-order valence-corrected chi connectivity index (χ3v) is 0. The molecule has 1 N–H and O–H groups in total. The summed E-state index contributed by atoms with van der Waals surface area (Å²) in [4.78, 5) is 0. The van der Waals surface area contributed by atoms with Gasteiger partial charge in [0, 0.05) is 0 Å². The first kappa shape index (κ1) is 16.5. The zero-order valence-electron chi connectivity index (χ0n) is 1.94. The van der Waals surface area contributed by atoms with Crippen molar-refractivity contribution in [3.63, 3.8) is 0 Å². The molecule has 0 aliphatic carbocycles. The van der Waals surface area contributed by atoms with Crippen molar-refractivity contribution in [3.8, 4) is 0 Å². The van der Waals surface area contributed by atoms with Crippen LogP contribution in [0.3, 0.4) is 0 Å². The van der Waals surface area contributed by atoms with Gasteiger partial charge in [-0.3, -0.25) is 0 Å². The van der Waals surface area contributed by atoms with E-state index in [-0.39, 0.29) is 51.3 Å². The Balaban J connectivity index is -0.00000000500. The van der Waals surface area contributed by atoms with Crippen LogP contribution in [0.15, 0.2) is 0 Å². The second-order valence-electron chi connectivity index (χ2n) is 0. The number of rotatable bonds is 0. The third-order valence-electron chi connectivity index (χ3n) is 0. The standard InChI is InChI=1S/BrHO.HI.Pb.2H/c1-2;;;;/h2H;1H;;;. The molecule has 0 saturated carbocycles. The number of halogens is 2. The molecule has 0 spiro atoms. The van der Waals surface area contributed by atoms with Gasteiger partial charge in [0.25, 0.3) is 0 Å². The predicted molar refractivity (Wildman–Crippen MR) is 35.1 cm³/mol. The third kappa shape index (κ3) is 8.94. The predicted octanol–water partition coefficient (Wildman–Crippen LogP) is -0.00960. The first-order valence-electron chi connectivity index (χ1n) is 0.169. The van der Waals surface area contributed by atoms with Crippen molar-refractivity contribution in [3.05, 3.63) is 0 Å². The van der Waals surface area contributed by atoms with Crippen molar-refractivity contribution in [2.75, 3.05) is 0 Å². The maximum absolute atomic E-state index is 6.81. The molecule has 0 heterocycles. The molecule has 0 rings (SSSR count). The van der Waals surface area contributed by atoms with E-state index in [0.717, 1.165) is 0 Å². The Kier molecular flexibility index (Phi) is 80.5. The van der Waals surface area contributed by atoms with E-state index in [0.29, 0.717) is 0 Å². The fourth-order valence-corrected chi connectivity index (χ4v) is 0. The topological polar surface area (TPSA) is 20.2 Å². The summed E-state index contributed by atoms with van der Waals surface area (Å²) in [6.45, 7) is 0. The molecule has 0 fully saturated rings. The van der Waals surface area contributed by atoms with Crippen molar-refractivity contribution >= 4 is 67.5 Å². The molecule has 0 aromatic rings. The van der Waals surface area contributed by atoms with Crippen molar-refractivity contribution in [1.82, 2.24) is 0 Å². The van der Waals surface area contributed by atoms with Gasteiger partial charge in [-0.25, -0.2) is 0 Å². The van der Waals surface area contributed by atoms with Gasteiger partial charge < -0.3 is 4.20 Å². The summed E-state index contributed by atoms with van der Waals surface area (Å²) >= 11 is 1.94. The molecule has 4 heavy (non-hydrogen) atoms. The molecule has 28 valence electrons. The van der Waals surface area contributed by atoms with Crippen LogP contribution in [0, 0.1) is 0 Å². The Bertz CT molecular complexity index is 8.00. The van der Waals surface area contributed by atoms with Crippen LogP contribution in [0.5, 0.6) is 0 Å². The summed E-state index contributed by atoms with van der Waals surface area (Å²) in [5.41, 5.74) is 0. The van der Waals surface area contributed by atoms with Gasteiger partial charge in [-0.2, -0.15) is 0 Å². The first-order valence-corrected chi connectivity index (χ1v) is 0.878. The van der Waals surface area contributed by atoms with Gasteiger partial charge in [0.05, 0.1) is 16.3 Å². The van der Waals surface area contributed by atoms with Gasteiger partial charge in [0.2, 0.25) is 0 Å². The van der Waals surface area contributed by atoms with Crippen LogP contribution in [-0.4, -0.2) is 31.5 Å². The molecule has 2 radical (unpaired) electrons. The van der Waals surface area contributed by atoms with E-state index in [4.69, 9.17) is 4.20 Å². The van der Waals surface area contributed by atoms with Crippen LogP contribution in [0.1, 0.15) is 0 Å². The van der Waals surface area contributed by atoms with Gasteiger partial charge in [-0.05, 0) is 0 Å². The molecular weight excluding hydrogens is 430 g/mol. The van der Waals surface area contributed by atoms with Crippen molar-refractivity contribution in [1.29, 1.82) is 0 Å². The number of hydrogen-bond donors (Lipinski definition) is 1. The monoisotopic (exact) mass is 434 g/mol. The van der Waals surface area contributed by atoms with Gasteiger partial charge in [-0.15, -0.1) is 24.0 Å². The fraction of sp³-hybridized carbons (Fsp3) is 0. The van der Waals surface area contributed by atoms with Crippen LogP contribution in [0.4, 0.5) is 0 Å². The van der Waals surface area contributed by atoms with E-state index in [2.05, 4.69) is 0 Å². The summed E-state index contributed by atoms with van der Waals surface area (Å²) in [5, 5.41) is 0. The van der Waals surface area contributed by atoms with Crippen LogP contribution in [0.2, 0.25) is 0 Å². The van der Waals surface area contributed by atoms with Crippen LogP contribution in [-0.2, 0) is 0 Å². The van der Waals surface area contributed by atoms with E-state index in [1.54, 1.807) is 0 Å². The van der Waals surface area contributed by atoms with Gasteiger partial charge >= 0.3 is 27.3 Å². The Labute approximate surface area is 70.8 Å². The van der Waals surface area contributed by atoms with Crippen LogP contribution in [0.25, 0.3) is 0 Å². The van der Waals surface area contributed by atoms with Crippen molar-refractivity contribution < 1.29 is 4.20 Å². The molecule has 0 aliphatic heterocycles. The van der Waals surface area contributed by atoms with Gasteiger partial charge in [0.15, 0.2) is 0 Å². The number of hydrogen-bond acceptors (Lipinski definition) is 1. The molecule has 1 nitrogen and oxygen atoms in total. The molecule has 0 unspecified atom stereocenters. The second-order valence-corrected chi connectivity index (χ2v) is 0. The molecule has 0 aromatic heterocycles.